The van der Waals surface area contributed by atoms with Gasteiger partial charge in [0.05, 0.1) is 17.6 Å². The maximum absolute atomic E-state index is 13.5. The van der Waals surface area contributed by atoms with Crippen molar-refractivity contribution in [1.82, 2.24) is 20.1 Å². The summed E-state index contributed by atoms with van der Waals surface area (Å²) in [6.45, 7) is 14.9. The number of carbonyl (C=O) groups is 3. The van der Waals surface area contributed by atoms with Crippen LogP contribution in [0.3, 0.4) is 0 Å². The van der Waals surface area contributed by atoms with E-state index in [1.807, 2.05) is 37.3 Å². The summed E-state index contributed by atoms with van der Waals surface area (Å²) in [7, 11) is 1.54. The van der Waals surface area contributed by atoms with Crippen LogP contribution in [0.1, 0.15) is 66.5 Å². The van der Waals surface area contributed by atoms with Crippen LogP contribution in [0, 0.1) is 12.3 Å². The van der Waals surface area contributed by atoms with Gasteiger partial charge in [-0.2, -0.15) is 0 Å². The Hall–Kier alpha value is -3.41. The molecule has 1 aliphatic heterocycles. The molecule has 3 aromatic rings. The van der Waals surface area contributed by atoms with E-state index >= 15 is 0 Å². The van der Waals surface area contributed by atoms with Crippen LogP contribution < -0.4 is 15.4 Å². The molecule has 1 fully saturated rings. The van der Waals surface area contributed by atoms with Crippen LogP contribution in [0.4, 0.5) is 5.13 Å². The molecular formula is C32H41N5O4S2. The molecule has 3 amide bonds. The Morgan fingerprint density at radius 2 is 1.70 bits per heavy atom. The molecule has 2 aromatic carbocycles. The van der Waals surface area contributed by atoms with Gasteiger partial charge in [-0.05, 0) is 60.2 Å². The highest BCUT2D eigenvalue weighted by Gasteiger charge is 2.27. The van der Waals surface area contributed by atoms with Crippen LogP contribution in [0.5, 0.6) is 5.75 Å². The Morgan fingerprint density at radius 1 is 1.07 bits per heavy atom. The molecule has 2 heterocycles. The molecule has 0 bridgehead atoms. The van der Waals surface area contributed by atoms with Gasteiger partial charge in [-0.3, -0.25) is 19.7 Å². The van der Waals surface area contributed by atoms with E-state index in [9.17, 15) is 14.4 Å². The SMILES string of the molecule is COc1cc(C)c(-c2sc(NC(=O)c3ccc(CNC(C)C(C)(C)C)cc3)nc2S)cc1C(=O)N1CCN(C(C)=O)CC1. The van der Waals surface area contributed by atoms with Gasteiger partial charge in [-0.25, -0.2) is 4.98 Å². The third kappa shape index (κ3) is 7.76. The van der Waals surface area contributed by atoms with E-state index in [1.54, 1.807) is 23.0 Å². The fraction of sp³-hybridized carbons (Fsp3) is 0.438. The molecule has 1 atom stereocenters. The fourth-order valence-corrected chi connectivity index (χ4v) is 6.08. The summed E-state index contributed by atoms with van der Waals surface area (Å²) in [6, 6.07) is 11.5. The summed E-state index contributed by atoms with van der Waals surface area (Å²) in [5, 5.41) is 7.30. The van der Waals surface area contributed by atoms with Crippen molar-refractivity contribution >= 4 is 46.8 Å². The number of hydrogen-bond acceptors (Lipinski definition) is 8. The van der Waals surface area contributed by atoms with Gasteiger partial charge < -0.3 is 19.9 Å². The van der Waals surface area contributed by atoms with Crippen LogP contribution in [0.15, 0.2) is 41.4 Å². The molecule has 1 aliphatic rings. The maximum atomic E-state index is 13.5. The predicted octanol–water partition coefficient (Wildman–Crippen LogP) is 5.50. The number of carbonyl (C=O) groups excluding carboxylic acids is 3. The van der Waals surface area contributed by atoms with Gasteiger partial charge in [-0.1, -0.05) is 44.2 Å². The Morgan fingerprint density at radius 3 is 2.28 bits per heavy atom. The monoisotopic (exact) mass is 623 g/mol. The predicted molar refractivity (Wildman–Crippen MR) is 174 cm³/mol. The van der Waals surface area contributed by atoms with Crippen molar-refractivity contribution in [3.63, 3.8) is 0 Å². The number of nitrogens with one attached hydrogen (secondary N) is 2. The number of anilines is 1. The van der Waals surface area contributed by atoms with E-state index in [4.69, 9.17) is 4.74 Å². The van der Waals surface area contributed by atoms with Crippen molar-refractivity contribution in [2.45, 2.75) is 59.2 Å². The lowest BCUT2D eigenvalue weighted by atomic mass is 9.88. The number of benzene rings is 2. The van der Waals surface area contributed by atoms with Gasteiger partial charge in [0.2, 0.25) is 5.91 Å². The second kappa shape index (κ2) is 13.5. The molecule has 11 heteroatoms. The topological polar surface area (TPSA) is 104 Å². The number of aryl methyl sites for hydroxylation is 1. The second-order valence-corrected chi connectivity index (χ2v) is 13.4. The van der Waals surface area contributed by atoms with Crippen LogP contribution in [0.2, 0.25) is 0 Å². The lowest BCUT2D eigenvalue weighted by molar-refractivity contribution is -0.130. The summed E-state index contributed by atoms with van der Waals surface area (Å²) < 4.78 is 5.57. The standard InChI is InChI=1S/C32H41N5O4S2/c1-19-16-26(41-7)25(30(40)37-14-12-36(13-15-37)21(3)38)17-24(19)27-29(42)35-31(43-27)34-28(39)23-10-8-22(9-11-23)18-33-20(2)32(4,5)6/h8-11,16-17,20,33,42H,12-15,18H2,1-7H3,(H,34,35,39). The highest BCUT2D eigenvalue weighted by molar-refractivity contribution is 7.80. The van der Waals surface area contributed by atoms with Gasteiger partial charge in [0.1, 0.15) is 10.8 Å². The minimum absolute atomic E-state index is 0.00675. The van der Waals surface area contributed by atoms with Gasteiger partial charge in [0.25, 0.3) is 11.8 Å². The fourth-order valence-electron chi connectivity index (χ4n) is 4.72. The van der Waals surface area contributed by atoms with E-state index in [0.717, 1.165) is 28.1 Å². The first-order chi connectivity index (χ1) is 20.3. The van der Waals surface area contributed by atoms with Crippen molar-refractivity contribution in [2.24, 2.45) is 5.41 Å². The Bertz CT molecular complexity index is 1490. The first-order valence-corrected chi connectivity index (χ1v) is 15.6. The molecule has 0 radical (unpaired) electrons. The van der Waals surface area contributed by atoms with Gasteiger partial charge in [0, 0.05) is 51.3 Å². The number of aromatic nitrogens is 1. The summed E-state index contributed by atoms with van der Waals surface area (Å²) >= 11 is 5.90. The number of rotatable bonds is 8. The van der Waals surface area contributed by atoms with E-state index in [-0.39, 0.29) is 23.1 Å². The lowest BCUT2D eigenvalue weighted by Gasteiger charge is -2.34. The Labute approximate surface area is 263 Å². The van der Waals surface area contributed by atoms with Gasteiger partial charge >= 0.3 is 0 Å². The van der Waals surface area contributed by atoms with Crippen molar-refractivity contribution in [1.29, 1.82) is 0 Å². The molecule has 1 aromatic heterocycles. The van der Waals surface area contributed by atoms with Crippen LogP contribution in [-0.4, -0.2) is 71.8 Å². The molecule has 9 nitrogen and oxygen atoms in total. The third-order valence-electron chi connectivity index (χ3n) is 7.99. The van der Waals surface area contributed by atoms with E-state index in [2.05, 4.69) is 55.9 Å². The minimum atomic E-state index is -0.261. The summed E-state index contributed by atoms with van der Waals surface area (Å²) in [5.74, 6) is 0.0626. The first kappa shape index (κ1) is 32.5. The van der Waals surface area contributed by atoms with E-state index < -0.39 is 0 Å². The Balaban J connectivity index is 1.49. The van der Waals surface area contributed by atoms with Crippen LogP contribution in [0.25, 0.3) is 10.4 Å². The maximum Gasteiger partial charge on any atom is 0.257 e. The largest absolute Gasteiger partial charge is 0.496 e. The summed E-state index contributed by atoms with van der Waals surface area (Å²) in [4.78, 5) is 47.0. The lowest BCUT2D eigenvalue weighted by Crippen LogP contribution is -2.50. The summed E-state index contributed by atoms with van der Waals surface area (Å²) in [5.41, 5.74) is 3.89. The van der Waals surface area contributed by atoms with E-state index in [0.29, 0.717) is 59.3 Å². The van der Waals surface area contributed by atoms with Gasteiger partial charge in [-0.15, -0.1) is 12.6 Å². The molecule has 230 valence electrons. The quantitative estimate of drug-likeness (QED) is 0.287. The smallest absolute Gasteiger partial charge is 0.257 e. The molecule has 0 spiro atoms. The zero-order chi connectivity index (χ0) is 31.5. The average molecular weight is 624 g/mol. The number of piperazine rings is 1. The van der Waals surface area contributed by atoms with Crippen LogP contribution >= 0.6 is 24.0 Å². The van der Waals surface area contributed by atoms with Crippen molar-refractivity contribution < 1.29 is 19.1 Å². The normalized spacial score (nSPS) is 14.4. The number of ether oxygens (including phenoxy) is 1. The molecule has 0 aliphatic carbocycles. The number of thiazole rings is 1. The molecule has 1 unspecified atom stereocenters. The molecule has 4 rings (SSSR count). The van der Waals surface area contributed by atoms with E-state index in [1.165, 1.54) is 18.3 Å². The number of thiol groups is 1. The zero-order valence-electron chi connectivity index (χ0n) is 25.9. The van der Waals surface area contributed by atoms with Gasteiger partial charge in [0.15, 0.2) is 5.13 Å². The molecule has 43 heavy (non-hydrogen) atoms. The number of hydrogen-bond donors (Lipinski definition) is 3. The number of amides is 3. The zero-order valence-corrected chi connectivity index (χ0v) is 27.6. The van der Waals surface area contributed by atoms with Crippen LogP contribution in [-0.2, 0) is 11.3 Å². The minimum Gasteiger partial charge on any atom is -0.496 e. The number of nitrogens with zero attached hydrogens (tertiary/aromatic N) is 3. The molecule has 2 N–H and O–H groups in total. The van der Waals surface area contributed by atoms with Crippen molar-refractivity contribution in [3.8, 4) is 16.2 Å². The number of methoxy groups -OCH3 is 1. The second-order valence-electron chi connectivity index (χ2n) is 12.0. The van der Waals surface area contributed by atoms with Crippen molar-refractivity contribution in [3.05, 3.63) is 58.7 Å². The summed E-state index contributed by atoms with van der Waals surface area (Å²) in [6.07, 6.45) is 0. The first-order valence-electron chi connectivity index (χ1n) is 14.4. The molecule has 0 saturated carbocycles. The third-order valence-corrected chi connectivity index (χ3v) is 9.47. The molecular weight excluding hydrogens is 583 g/mol. The molecule has 1 saturated heterocycles. The highest BCUT2D eigenvalue weighted by Crippen LogP contribution is 2.40. The average Bonchev–Trinajstić information content (AvgIpc) is 3.34. The Kier molecular flexibility index (Phi) is 10.2. The highest BCUT2D eigenvalue weighted by atomic mass is 32.1. The van der Waals surface area contributed by atoms with Crippen molar-refractivity contribution in [2.75, 3.05) is 38.6 Å².